The Bertz CT molecular complexity index is 386. The minimum atomic E-state index is 0.430. The molecule has 3 nitrogen and oxygen atoms in total. The van der Waals surface area contributed by atoms with Crippen LogP contribution < -0.4 is 5.73 Å². The zero-order chi connectivity index (χ0) is 11.7. The number of nitrogen functional groups attached to an aromatic ring is 1. The van der Waals surface area contributed by atoms with E-state index >= 15 is 0 Å². The van der Waals surface area contributed by atoms with Gasteiger partial charge < -0.3 is 15.4 Å². The van der Waals surface area contributed by atoms with Crippen LogP contribution >= 0.6 is 0 Å². The third-order valence-corrected chi connectivity index (χ3v) is 4.01. The van der Waals surface area contributed by atoms with Gasteiger partial charge in [-0.2, -0.15) is 0 Å². The SMILES string of the molecule is Nc1cccc(COC2CN3CCC2CC3)c1. The van der Waals surface area contributed by atoms with Crippen molar-refractivity contribution in [3.63, 3.8) is 0 Å². The van der Waals surface area contributed by atoms with Crippen molar-refractivity contribution in [2.24, 2.45) is 5.92 Å². The molecule has 0 spiro atoms. The fourth-order valence-corrected chi connectivity index (χ4v) is 2.99. The van der Waals surface area contributed by atoms with Crippen molar-refractivity contribution in [2.45, 2.75) is 25.6 Å². The summed E-state index contributed by atoms with van der Waals surface area (Å²) in [7, 11) is 0. The molecule has 1 aromatic rings. The molecule has 1 aromatic carbocycles. The second-order valence-corrected chi connectivity index (χ2v) is 5.23. The minimum Gasteiger partial charge on any atom is -0.399 e. The summed E-state index contributed by atoms with van der Waals surface area (Å²) in [5.74, 6) is 0.779. The Labute approximate surface area is 103 Å². The fraction of sp³-hybridized carbons (Fsp3) is 0.571. The van der Waals surface area contributed by atoms with E-state index in [4.69, 9.17) is 10.5 Å². The summed E-state index contributed by atoms with van der Waals surface area (Å²) in [5.41, 5.74) is 7.77. The maximum Gasteiger partial charge on any atom is 0.0735 e. The molecule has 0 saturated carbocycles. The lowest BCUT2D eigenvalue weighted by Gasteiger charge is -2.44. The van der Waals surface area contributed by atoms with Crippen molar-refractivity contribution in [1.29, 1.82) is 0 Å². The average molecular weight is 232 g/mol. The number of ether oxygens (including phenoxy) is 1. The van der Waals surface area contributed by atoms with Gasteiger partial charge in [-0.25, -0.2) is 0 Å². The van der Waals surface area contributed by atoms with Crippen LogP contribution in [0.5, 0.6) is 0 Å². The highest BCUT2D eigenvalue weighted by molar-refractivity contribution is 5.40. The Morgan fingerprint density at radius 2 is 2.12 bits per heavy atom. The molecule has 0 aliphatic carbocycles. The van der Waals surface area contributed by atoms with Crippen molar-refractivity contribution >= 4 is 5.69 Å². The number of rotatable bonds is 3. The lowest BCUT2D eigenvalue weighted by molar-refractivity contribution is -0.0765. The summed E-state index contributed by atoms with van der Waals surface area (Å²) >= 11 is 0. The van der Waals surface area contributed by atoms with Crippen LogP contribution in [0.15, 0.2) is 24.3 Å². The Hall–Kier alpha value is -1.06. The van der Waals surface area contributed by atoms with E-state index in [-0.39, 0.29) is 0 Å². The molecule has 1 unspecified atom stereocenters. The molecule has 2 N–H and O–H groups in total. The summed E-state index contributed by atoms with van der Waals surface area (Å²) < 4.78 is 6.06. The first-order chi connectivity index (χ1) is 8.31. The number of fused-ring (bicyclic) bond motifs is 3. The third-order valence-electron chi connectivity index (χ3n) is 4.01. The van der Waals surface area contributed by atoms with Crippen LogP contribution in [-0.4, -0.2) is 30.6 Å². The summed E-state index contributed by atoms with van der Waals surface area (Å²) in [6.45, 7) is 4.35. The molecule has 3 heteroatoms. The topological polar surface area (TPSA) is 38.5 Å². The maximum atomic E-state index is 6.06. The third kappa shape index (κ3) is 2.45. The molecule has 0 amide bonds. The second-order valence-electron chi connectivity index (χ2n) is 5.23. The Kier molecular flexibility index (Phi) is 3.04. The molecule has 4 rings (SSSR count). The smallest absolute Gasteiger partial charge is 0.0735 e. The van der Waals surface area contributed by atoms with Crippen LogP contribution in [0.2, 0.25) is 0 Å². The monoisotopic (exact) mass is 232 g/mol. The van der Waals surface area contributed by atoms with E-state index in [0.717, 1.165) is 18.2 Å². The standard InChI is InChI=1S/C14H20N2O/c15-13-3-1-2-11(8-13)10-17-14-9-16-6-4-12(14)5-7-16/h1-3,8,12,14H,4-7,9-10,15H2. The van der Waals surface area contributed by atoms with Gasteiger partial charge in [0.15, 0.2) is 0 Å². The molecule has 3 heterocycles. The fourth-order valence-electron chi connectivity index (χ4n) is 2.99. The summed E-state index contributed by atoms with van der Waals surface area (Å²) in [6, 6.07) is 7.99. The largest absolute Gasteiger partial charge is 0.399 e. The number of piperidine rings is 3. The molecule has 3 fully saturated rings. The molecule has 1 atom stereocenters. The highest BCUT2D eigenvalue weighted by Gasteiger charge is 2.34. The van der Waals surface area contributed by atoms with Gasteiger partial charge >= 0.3 is 0 Å². The van der Waals surface area contributed by atoms with Crippen molar-refractivity contribution in [3.8, 4) is 0 Å². The van der Waals surface area contributed by atoms with Crippen LogP contribution in [0.25, 0.3) is 0 Å². The first-order valence-corrected chi connectivity index (χ1v) is 6.49. The summed E-state index contributed by atoms with van der Waals surface area (Å²) in [6.07, 6.45) is 3.04. The van der Waals surface area contributed by atoms with Gasteiger partial charge in [0, 0.05) is 12.2 Å². The van der Waals surface area contributed by atoms with Gasteiger partial charge in [0.05, 0.1) is 12.7 Å². The van der Waals surface area contributed by atoms with E-state index in [1.54, 1.807) is 0 Å². The molecule has 3 aliphatic heterocycles. The zero-order valence-corrected chi connectivity index (χ0v) is 10.1. The Morgan fingerprint density at radius 1 is 1.29 bits per heavy atom. The van der Waals surface area contributed by atoms with E-state index in [0.29, 0.717) is 12.7 Å². The molecule has 92 valence electrons. The van der Waals surface area contributed by atoms with Gasteiger partial charge in [-0.05, 0) is 49.5 Å². The van der Waals surface area contributed by atoms with E-state index < -0.39 is 0 Å². The molecule has 3 aliphatic rings. The summed E-state index contributed by atoms with van der Waals surface area (Å²) in [4.78, 5) is 2.52. The highest BCUT2D eigenvalue weighted by Crippen LogP contribution is 2.30. The van der Waals surface area contributed by atoms with E-state index in [9.17, 15) is 0 Å². The van der Waals surface area contributed by atoms with E-state index in [1.807, 2.05) is 18.2 Å². The van der Waals surface area contributed by atoms with Crippen LogP contribution in [0.1, 0.15) is 18.4 Å². The predicted molar refractivity (Wildman–Crippen MR) is 68.6 cm³/mol. The number of nitrogens with zero attached hydrogens (tertiary/aromatic N) is 1. The zero-order valence-electron chi connectivity index (χ0n) is 10.1. The first kappa shape index (κ1) is 11.1. The van der Waals surface area contributed by atoms with Crippen LogP contribution in [-0.2, 0) is 11.3 Å². The van der Waals surface area contributed by atoms with Gasteiger partial charge in [-0.15, -0.1) is 0 Å². The molecular weight excluding hydrogens is 212 g/mol. The van der Waals surface area contributed by atoms with Gasteiger partial charge in [0.25, 0.3) is 0 Å². The molecule has 17 heavy (non-hydrogen) atoms. The van der Waals surface area contributed by atoms with Gasteiger partial charge in [-0.3, -0.25) is 0 Å². The van der Waals surface area contributed by atoms with E-state index in [1.165, 1.54) is 31.5 Å². The van der Waals surface area contributed by atoms with Gasteiger partial charge in [-0.1, -0.05) is 12.1 Å². The van der Waals surface area contributed by atoms with Crippen LogP contribution in [0.4, 0.5) is 5.69 Å². The Balaban J connectivity index is 1.57. The van der Waals surface area contributed by atoms with Gasteiger partial charge in [0.1, 0.15) is 0 Å². The van der Waals surface area contributed by atoms with E-state index in [2.05, 4.69) is 11.0 Å². The van der Waals surface area contributed by atoms with Crippen LogP contribution in [0, 0.1) is 5.92 Å². The molecule has 0 radical (unpaired) electrons. The average Bonchev–Trinajstić information content (AvgIpc) is 2.38. The molecule has 0 aromatic heterocycles. The second kappa shape index (κ2) is 4.67. The predicted octanol–water partition coefficient (Wildman–Crippen LogP) is 1.88. The maximum absolute atomic E-state index is 6.06. The van der Waals surface area contributed by atoms with Crippen molar-refractivity contribution in [2.75, 3.05) is 25.4 Å². The molecule has 2 bridgehead atoms. The normalized spacial score (nSPS) is 31.6. The lowest BCUT2D eigenvalue weighted by Crippen LogP contribution is -2.51. The minimum absolute atomic E-state index is 0.430. The highest BCUT2D eigenvalue weighted by atomic mass is 16.5. The Morgan fingerprint density at radius 3 is 2.76 bits per heavy atom. The van der Waals surface area contributed by atoms with Gasteiger partial charge in [0.2, 0.25) is 0 Å². The van der Waals surface area contributed by atoms with Crippen molar-refractivity contribution in [1.82, 2.24) is 4.90 Å². The van der Waals surface area contributed by atoms with Crippen LogP contribution in [0.3, 0.4) is 0 Å². The first-order valence-electron chi connectivity index (χ1n) is 6.49. The van der Waals surface area contributed by atoms with Crippen molar-refractivity contribution < 1.29 is 4.74 Å². The number of hydrogen-bond donors (Lipinski definition) is 1. The molecular formula is C14H20N2O. The van der Waals surface area contributed by atoms with Crippen molar-refractivity contribution in [3.05, 3.63) is 29.8 Å². The summed E-state index contributed by atoms with van der Waals surface area (Å²) in [5, 5.41) is 0. The number of nitrogens with two attached hydrogens (primary N) is 1. The number of hydrogen-bond acceptors (Lipinski definition) is 3. The number of anilines is 1. The molecule has 3 saturated heterocycles. The quantitative estimate of drug-likeness (QED) is 0.809. The lowest BCUT2D eigenvalue weighted by atomic mass is 9.86. The number of benzene rings is 1.